The number of hydrogen-bond donors (Lipinski definition) is 2. The number of benzene rings is 1. The van der Waals surface area contributed by atoms with E-state index < -0.39 is 0 Å². The number of rotatable bonds is 4. The Hall–Kier alpha value is -2.61. The highest BCUT2D eigenvalue weighted by Gasteiger charge is 2.20. The fourth-order valence-electron chi connectivity index (χ4n) is 2.99. The second kappa shape index (κ2) is 8.60. The first-order valence-corrected chi connectivity index (χ1v) is 10.3. The highest BCUT2D eigenvalue weighted by Crippen LogP contribution is 2.18. The molecule has 0 aliphatic carbocycles. The van der Waals surface area contributed by atoms with Gasteiger partial charge in [-0.05, 0) is 38.5 Å². The van der Waals surface area contributed by atoms with Crippen molar-refractivity contribution in [1.29, 1.82) is 0 Å². The Balaban J connectivity index is 1.56. The molecule has 3 rings (SSSR count). The summed E-state index contributed by atoms with van der Waals surface area (Å²) in [5.41, 5.74) is 7.54. The number of hydrogen-bond acceptors (Lipinski definition) is 5. The summed E-state index contributed by atoms with van der Waals surface area (Å²) in [5.74, 6) is 0.466. The molecule has 0 unspecified atom stereocenters. The molecule has 2 aromatic rings. The van der Waals surface area contributed by atoms with Gasteiger partial charge in [-0.1, -0.05) is 12.1 Å². The Morgan fingerprint density at radius 3 is 2.68 bits per heavy atom. The van der Waals surface area contributed by atoms with Crippen LogP contribution in [0.3, 0.4) is 0 Å². The molecule has 1 aromatic heterocycles. The maximum Gasteiger partial charge on any atom is 0.251 e. The summed E-state index contributed by atoms with van der Waals surface area (Å²) < 4.78 is 0. The standard InChI is InChI=1S/C20H28N6OS/c1-20(2,3)24-17(27)16-6-4-5-15(13-16)14-23-18(21)25-8-10-26(11-9-25)19-22-7-12-28-19/h4-7,12-13H,8-11,14H2,1-3H3,(H2,21,23)(H,24,27). The van der Waals surface area contributed by atoms with Gasteiger partial charge < -0.3 is 20.9 Å². The maximum atomic E-state index is 12.3. The zero-order valence-corrected chi connectivity index (χ0v) is 17.5. The highest BCUT2D eigenvalue weighted by molar-refractivity contribution is 7.13. The molecule has 1 amide bonds. The lowest BCUT2D eigenvalue weighted by molar-refractivity contribution is 0.0919. The third-order valence-electron chi connectivity index (χ3n) is 4.39. The van der Waals surface area contributed by atoms with Gasteiger partial charge in [0, 0.05) is 48.9 Å². The predicted octanol–water partition coefficient (Wildman–Crippen LogP) is 2.31. The number of nitrogens with one attached hydrogen (secondary N) is 1. The Morgan fingerprint density at radius 2 is 2.04 bits per heavy atom. The first kappa shape index (κ1) is 20.1. The average Bonchev–Trinajstić information content (AvgIpc) is 3.20. The van der Waals surface area contributed by atoms with E-state index in [1.165, 1.54) is 0 Å². The number of anilines is 1. The minimum Gasteiger partial charge on any atom is -0.370 e. The van der Waals surface area contributed by atoms with Crippen molar-refractivity contribution in [1.82, 2.24) is 15.2 Å². The van der Waals surface area contributed by atoms with Crippen molar-refractivity contribution in [3.63, 3.8) is 0 Å². The second-order valence-electron chi connectivity index (χ2n) is 7.87. The van der Waals surface area contributed by atoms with Crippen molar-refractivity contribution in [2.75, 3.05) is 31.1 Å². The van der Waals surface area contributed by atoms with Crippen LogP contribution in [0, 0.1) is 0 Å². The molecule has 1 aliphatic heterocycles. The fraction of sp³-hybridized carbons (Fsp3) is 0.450. The maximum absolute atomic E-state index is 12.3. The van der Waals surface area contributed by atoms with Crippen molar-refractivity contribution in [3.8, 4) is 0 Å². The van der Waals surface area contributed by atoms with Gasteiger partial charge in [0.15, 0.2) is 11.1 Å². The van der Waals surface area contributed by atoms with Gasteiger partial charge in [-0.15, -0.1) is 11.3 Å². The molecule has 7 nitrogen and oxygen atoms in total. The number of piperazine rings is 1. The van der Waals surface area contributed by atoms with Crippen LogP contribution in [0.5, 0.6) is 0 Å². The SMILES string of the molecule is CC(C)(C)NC(=O)c1cccc(CN=C(N)N2CCN(c3nccs3)CC2)c1. The summed E-state index contributed by atoms with van der Waals surface area (Å²) in [6.07, 6.45) is 1.83. The van der Waals surface area contributed by atoms with Crippen LogP contribution in [0.25, 0.3) is 0 Å². The first-order chi connectivity index (χ1) is 13.3. The number of nitrogens with zero attached hydrogens (tertiary/aromatic N) is 4. The molecule has 1 aromatic carbocycles. The summed E-state index contributed by atoms with van der Waals surface area (Å²) in [7, 11) is 0. The van der Waals surface area contributed by atoms with Gasteiger partial charge in [0.05, 0.1) is 6.54 Å². The largest absolute Gasteiger partial charge is 0.370 e. The van der Waals surface area contributed by atoms with E-state index in [0.29, 0.717) is 18.1 Å². The normalized spacial score (nSPS) is 15.6. The number of aliphatic imine (C=N–C) groups is 1. The molecule has 28 heavy (non-hydrogen) atoms. The second-order valence-corrected chi connectivity index (χ2v) is 8.74. The topological polar surface area (TPSA) is 86.8 Å². The zero-order chi connectivity index (χ0) is 20.1. The van der Waals surface area contributed by atoms with E-state index in [4.69, 9.17) is 5.73 Å². The van der Waals surface area contributed by atoms with E-state index in [1.807, 2.05) is 56.6 Å². The van der Waals surface area contributed by atoms with Crippen molar-refractivity contribution in [2.24, 2.45) is 10.7 Å². The minimum atomic E-state index is -0.267. The summed E-state index contributed by atoms with van der Waals surface area (Å²) >= 11 is 1.66. The lowest BCUT2D eigenvalue weighted by Gasteiger charge is -2.35. The lowest BCUT2D eigenvalue weighted by atomic mass is 10.1. The molecule has 2 heterocycles. The molecule has 0 radical (unpaired) electrons. The molecule has 3 N–H and O–H groups in total. The van der Waals surface area contributed by atoms with Crippen molar-refractivity contribution in [2.45, 2.75) is 32.9 Å². The number of nitrogens with two attached hydrogens (primary N) is 1. The summed E-state index contributed by atoms with van der Waals surface area (Å²) in [6, 6.07) is 7.53. The van der Waals surface area contributed by atoms with Gasteiger partial charge in [0.2, 0.25) is 0 Å². The summed E-state index contributed by atoms with van der Waals surface area (Å²) in [6.45, 7) is 9.76. The molecular formula is C20H28N6OS. The van der Waals surface area contributed by atoms with Crippen molar-refractivity contribution < 1.29 is 4.79 Å². The van der Waals surface area contributed by atoms with E-state index in [9.17, 15) is 4.79 Å². The molecule has 0 atom stereocenters. The van der Waals surface area contributed by atoms with Crippen molar-refractivity contribution in [3.05, 3.63) is 47.0 Å². The number of carbonyl (C=O) groups excluding carboxylic acids is 1. The lowest BCUT2D eigenvalue weighted by Crippen LogP contribution is -2.51. The van der Waals surface area contributed by atoms with Gasteiger partial charge in [-0.2, -0.15) is 0 Å². The van der Waals surface area contributed by atoms with E-state index >= 15 is 0 Å². The number of carbonyl (C=O) groups is 1. The van der Waals surface area contributed by atoms with Crippen LogP contribution in [0.15, 0.2) is 40.8 Å². The van der Waals surface area contributed by atoms with Gasteiger partial charge in [0.1, 0.15) is 0 Å². The van der Waals surface area contributed by atoms with Crippen molar-refractivity contribution >= 4 is 28.3 Å². The highest BCUT2D eigenvalue weighted by atomic mass is 32.1. The van der Waals surface area contributed by atoms with Gasteiger partial charge >= 0.3 is 0 Å². The third-order valence-corrected chi connectivity index (χ3v) is 5.23. The van der Waals surface area contributed by atoms with Crippen LogP contribution < -0.4 is 16.0 Å². The minimum absolute atomic E-state index is 0.0791. The molecule has 1 aliphatic rings. The van der Waals surface area contributed by atoms with Crippen LogP contribution in [0.4, 0.5) is 5.13 Å². The quantitative estimate of drug-likeness (QED) is 0.607. The van der Waals surface area contributed by atoms with E-state index in [1.54, 1.807) is 11.3 Å². The third kappa shape index (κ3) is 5.45. The predicted molar refractivity (Wildman–Crippen MR) is 115 cm³/mol. The number of amides is 1. The molecule has 0 saturated carbocycles. The van der Waals surface area contributed by atoms with Gasteiger partial charge in [-0.3, -0.25) is 4.79 Å². The first-order valence-electron chi connectivity index (χ1n) is 9.42. The molecular weight excluding hydrogens is 372 g/mol. The van der Waals surface area contributed by atoms with Crippen LogP contribution in [-0.2, 0) is 6.54 Å². The fourth-order valence-corrected chi connectivity index (χ4v) is 3.69. The Labute approximate surface area is 170 Å². The molecule has 1 saturated heterocycles. The average molecular weight is 401 g/mol. The smallest absolute Gasteiger partial charge is 0.251 e. The van der Waals surface area contributed by atoms with Crippen LogP contribution in [0.1, 0.15) is 36.7 Å². The van der Waals surface area contributed by atoms with Crippen LogP contribution >= 0.6 is 11.3 Å². The molecule has 0 bridgehead atoms. The molecule has 1 fully saturated rings. The summed E-state index contributed by atoms with van der Waals surface area (Å²) in [5, 5.41) is 6.03. The summed E-state index contributed by atoms with van der Waals surface area (Å²) in [4.78, 5) is 25.6. The number of thiazole rings is 1. The van der Waals surface area contributed by atoms with E-state index in [-0.39, 0.29) is 11.4 Å². The Morgan fingerprint density at radius 1 is 1.29 bits per heavy atom. The van der Waals surface area contributed by atoms with Gasteiger partial charge in [0.25, 0.3) is 5.91 Å². The Kier molecular flexibility index (Phi) is 6.18. The van der Waals surface area contributed by atoms with Crippen LogP contribution in [0.2, 0.25) is 0 Å². The zero-order valence-electron chi connectivity index (χ0n) is 16.7. The molecule has 8 heteroatoms. The molecule has 150 valence electrons. The number of aromatic nitrogens is 1. The van der Waals surface area contributed by atoms with E-state index in [0.717, 1.165) is 36.9 Å². The molecule has 0 spiro atoms. The van der Waals surface area contributed by atoms with Gasteiger partial charge in [-0.25, -0.2) is 9.98 Å². The van der Waals surface area contributed by atoms with Crippen LogP contribution in [-0.4, -0.2) is 53.5 Å². The number of guanidine groups is 1. The van der Waals surface area contributed by atoms with E-state index in [2.05, 4.69) is 25.1 Å². The monoisotopic (exact) mass is 400 g/mol. The Bertz CT molecular complexity index is 819.